The van der Waals surface area contributed by atoms with Crippen LogP contribution in [0.2, 0.25) is 0 Å². The molecule has 0 saturated heterocycles. The molecule has 0 aliphatic carbocycles. The van der Waals surface area contributed by atoms with Crippen LogP contribution in [-0.4, -0.2) is 4.98 Å². The Morgan fingerprint density at radius 1 is 1.67 bits per heavy atom. The standard InChI is InChI=1S/C6H9NO2/c1-4(2)5-3-9-6(8)7-5/h3-4H,1-2H3,(H,7,8). The number of hydrogen-bond donors (Lipinski definition) is 1. The smallest absolute Gasteiger partial charge is 0.416 e. The highest BCUT2D eigenvalue weighted by atomic mass is 16.4. The highest BCUT2D eigenvalue weighted by Crippen LogP contribution is 2.07. The number of rotatable bonds is 1. The molecule has 1 aromatic rings. The van der Waals surface area contributed by atoms with E-state index < -0.39 is 0 Å². The zero-order chi connectivity index (χ0) is 6.85. The Morgan fingerprint density at radius 2 is 2.33 bits per heavy atom. The largest absolute Gasteiger partial charge is 0.416 e. The minimum absolute atomic E-state index is 0.330. The van der Waals surface area contributed by atoms with Crippen LogP contribution in [0.3, 0.4) is 0 Å². The summed E-state index contributed by atoms with van der Waals surface area (Å²) in [4.78, 5) is 12.9. The number of aromatic nitrogens is 1. The maximum atomic E-state index is 10.4. The van der Waals surface area contributed by atoms with Gasteiger partial charge in [0.2, 0.25) is 0 Å². The summed E-state index contributed by atoms with van der Waals surface area (Å²) in [6.45, 7) is 3.97. The van der Waals surface area contributed by atoms with E-state index in [-0.39, 0.29) is 5.76 Å². The highest BCUT2D eigenvalue weighted by molar-refractivity contribution is 4.96. The van der Waals surface area contributed by atoms with Crippen molar-refractivity contribution in [1.29, 1.82) is 0 Å². The second-order valence-electron chi connectivity index (χ2n) is 2.26. The van der Waals surface area contributed by atoms with E-state index in [0.717, 1.165) is 5.69 Å². The van der Waals surface area contributed by atoms with Crippen LogP contribution in [0.5, 0.6) is 0 Å². The van der Waals surface area contributed by atoms with Crippen LogP contribution in [-0.2, 0) is 0 Å². The number of H-pyrrole nitrogens is 1. The van der Waals surface area contributed by atoms with Gasteiger partial charge in [-0.15, -0.1) is 0 Å². The predicted molar refractivity (Wildman–Crippen MR) is 33.4 cm³/mol. The Bertz CT molecular complexity index is 233. The van der Waals surface area contributed by atoms with Crippen LogP contribution >= 0.6 is 0 Å². The van der Waals surface area contributed by atoms with E-state index in [1.165, 1.54) is 6.26 Å². The van der Waals surface area contributed by atoms with Crippen molar-refractivity contribution in [2.24, 2.45) is 0 Å². The van der Waals surface area contributed by atoms with Gasteiger partial charge in [-0.05, 0) is 5.92 Å². The first-order valence-electron chi connectivity index (χ1n) is 2.88. The molecule has 3 nitrogen and oxygen atoms in total. The molecule has 0 aromatic carbocycles. The van der Waals surface area contributed by atoms with Crippen LogP contribution < -0.4 is 5.76 Å². The second kappa shape index (κ2) is 2.09. The molecular formula is C6H9NO2. The summed E-state index contributed by atoms with van der Waals surface area (Å²) < 4.78 is 4.51. The Hall–Kier alpha value is -0.990. The monoisotopic (exact) mass is 127 g/mol. The number of oxazole rings is 1. The van der Waals surface area contributed by atoms with Crippen LogP contribution in [0.15, 0.2) is 15.5 Å². The molecule has 0 unspecified atom stereocenters. The van der Waals surface area contributed by atoms with E-state index in [1.54, 1.807) is 0 Å². The van der Waals surface area contributed by atoms with Crippen molar-refractivity contribution < 1.29 is 4.42 Å². The molecule has 1 aromatic heterocycles. The summed E-state index contributed by atoms with van der Waals surface area (Å²) in [5.74, 6) is -0.0462. The molecule has 1 heterocycles. The van der Waals surface area contributed by atoms with Crippen LogP contribution in [0.4, 0.5) is 0 Å². The quantitative estimate of drug-likeness (QED) is 0.613. The molecular weight excluding hydrogens is 118 g/mol. The summed E-state index contributed by atoms with van der Waals surface area (Å²) in [7, 11) is 0. The highest BCUT2D eigenvalue weighted by Gasteiger charge is 2.00. The van der Waals surface area contributed by atoms with Gasteiger partial charge in [0, 0.05) is 0 Å². The van der Waals surface area contributed by atoms with Crippen molar-refractivity contribution >= 4 is 0 Å². The molecule has 1 N–H and O–H groups in total. The average Bonchev–Trinajstić information content (AvgIpc) is 2.14. The van der Waals surface area contributed by atoms with Gasteiger partial charge in [0.15, 0.2) is 0 Å². The van der Waals surface area contributed by atoms with E-state index in [1.807, 2.05) is 13.8 Å². The van der Waals surface area contributed by atoms with Gasteiger partial charge in [0.25, 0.3) is 0 Å². The third kappa shape index (κ3) is 1.22. The molecule has 0 amide bonds. The SMILES string of the molecule is CC(C)c1coc(=O)[nH]1. The van der Waals surface area contributed by atoms with E-state index in [2.05, 4.69) is 9.40 Å². The fraction of sp³-hybridized carbons (Fsp3) is 0.500. The van der Waals surface area contributed by atoms with Gasteiger partial charge in [-0.2, -0.15) is 0 Å². The van der Waals surface area contributed by atoms with E-state index >= 15 is 0 Å². The van der Waals surface area contributed by atoms with Crippen LogP contribution in [0.25, 0.3) is 0 Å². The fourth-order valence-corrected chi connectivity index (χ4v) is 0.574. The van der Waals surface area contributed by atoms with Crippen molar-refractivity contribution in [3.05, 3.63) is 22.5 Å². The summed E-state index contributed by atoms with van der Waals surface area (Å²) >= 11 is 0. The lowest BCUT2D eigenvalue weighted by Gasteiger charge is -1.94. The molecule has 0 aliphatic rings. The van der Waals surface area contributed by atoms with Crippen molar-refractivity contribution in [2.45, 2.75) is 19.8 Å². The number of hydrogen-bond acceptors (Lipinski definition) is 2. The number of aromatic amines is 1. The van der Waals surface area contributed by atoms with Gasteiger partial charge in [0.05, 0.1) is 5.69 Å². The second-order valence-corrected chi connectivity index (χ2v) is 2.26. The first-order chi connectivity index (χ1) is 4.20. The van der Waals surface area contributed by atoms with Crippen molar-refractivity contribution in [3.8, 4) is 0 Å². The minimum atomic E-state index is -0.376. The van der Waals surface area contributed by atoms with E-state index in [0.29, 0.717) is 5.92 Å². The van der Waals surface area contributed by atoms with Gasteiger partial charge in [-0.1, -0.05) is 13.8 Å². The van der Waals surface area contributed by atoms with Crippen LogP contribution in [0.1, 0.15) is 25.5 Å². The van der Waals surface area contributed by atoms with Gasteiger partial charge in [-0.25, -0.2) is 4.79 Å². The molecule has 0 bridgehead atoms. The molecule has 0 saturated carbocycles. The third-order valence-corrected chi connectivity index (χ3v) is 1.16. The van der Waals surface area contributed by atoms with Gasteiger partial charge < -0.3 is 4.42 Å². The molecule has 9 heavy (non-hydrogen) atoms. The Labute approximate surface area is 52.7 Å². The molecule has 50 valence electrons. The molecule has 0 aliphatic heterocycles. The normalized spacial score (nSPS) is 10.6. The van der Waals surface area contributed by atoms with Gasteiger partial charge in [0.1, 0.15) is 6.26 Å². The maximum Gasteiger partial charge on any atom is 0.416 e. The zero-order valence-electron chi connectivity index (χ0n) is 5.47. The lowest BCUT2D eigenvalue weighted by atomic mass is 10.2. The minimum Gasteiger partial charge on any atom is -0.416 e. The Kier molecular flexibility index (Phi) is 1.42. The summed E-state index contributed by atoms with van der Waals surface area (Å²) in [6, 6.07) is 0. The topological polar surface area (TPSA) is 46.0 Å². The molecule has 0 fully saturated rings. The lowest BCUT2D eigenvalue weighted by molar-refractivity contribution is 0.514. The Balaban J connectivity index is 2.98. The van der Waals surface area contributed by atoms with Gasteiger partial charge >= 0.3 is 5.76 Å². The Morgan fingerprint density at radius 3 is 2.56 bits per heavy atom. The number of nitrogens with one attached hydrogen (secondary N) is 1. The molecule has 1 rings (SSSR count). The van der Waals surface area contributed by atoms with E-state index in [4.69, 9.17) is 0 Å². The average molecular weight is 127 g/mol. The molecule has 0 atom stereocenters. The summed E-state index contributed by atoms with van der Waals surface area (Å²) in [5, 5.41) is 0. The third-order valence-electron chi connectivity index (χ3n) is 1.16. The van der Waals surface area contributed by atoms with Crippen LogP contribution in [0, 0.1) is 0 Å². The summed E-state index contributed by atoms with van der Waals surface area (Å²) in [5.41, 5.74) is 0.847. The lowest BCUT2D eigenvalue weighted by Crippen LogP contribution is -1.97. The predicted octanol–water partition coefficient (Wildman–Crippen LogP) is 1.09. The zero-order valence-corrected chi connectivity index (χ0v) is 5.47. The van der Waals surface area contributed by atoms with Crippen molar-refractivity contribution in [3.63, 3.8) is 0 Å². The first-order valence-corrected chi connectivity index (χ1v) is 2.88. The van der Waals surface area contributed by atoms with Gasteiger partial charge in [-0.3, -0.25) is 4.98 Å². The van der Waals surface area contributed by atoms with Crippen molar-refractivity contribution in [1.82, 2.24) is 4.98 Å². The molecule has 0 radical (unpaired) electrons. The molecule has 0 spiro atoms. The van der Waals surface area contributed by atoms with Crippen molar-refractivity contribution in [2.75, 3.05) is 0 Å². The first kappa shape index (κ1) is 6.13. The molecule has 3 heteroatoms. The summed E-state index contributed by atoms with van der Waals surface area (Å²) in [6.07, 6.45) is 1.45. The fourth-order valence-electron chi connectivity index (χ4n) is 0.574. The van der Waals surface area contributed by atoms with E-state index in [9.17, 15) is 4.79 Å². The maximum absolute atomic E-state index is 10.4.